The van der Waals surface area contributed by atoms with E-state index in [1.54, 1.807) is 0 Å². The zero-order valence-corrected chi connectivity index (χ0v) is 11.8. The normalized spacial score (nSPS) is 23.0. The average Bonchev–Trinajstić information content (AvgIpc) is 2.55. The van der Waals surface area contributed by atoms with Gasteiger partial charge in [-0.1, -0.05) is 6.92 Å². The van der Waals surface area contributed by atoms with Crippen molar-refractivity contribution in [2.45, 2.75) is 51.7 Å². The predicted octanol–water partition coefficient (Wildman–Crippen LogP) is 1.93. The first-order valence-corrected chi connectivity index (χ1v) is 6.65. The Bertz CT molecular complexity index is 425. The van der Waals surface area contributed by atoms with Crippen molar-refractivity contribution in [2.24, 2.45) is 7.05 Å². The lowest BCUT2D eigenvalue weighted by molar-refractivity contribution is -0.0553. The lowest BCUT2D eigenvalue weighted by Gasteiger charge is -2.36. The molecule has 0 bridgehead atoms. The van der Waals surface area contributed by atoms with E-state index in [9.17, 15) is 0 Å². The Labute approximate surface area is 109 Å². The van der Waals surface area contributed by atoms with Crippen LogP contribution in [0.3, 0.4) is 0 Å². The zero-order valence-electron chi connectivity index (χ0n) is 11.8. The molecule has 0 spiro atoms. The molecule has 1 fully saturated rings. The first kappa shape index (κ1) is 13.2. The van der Waals surface area contributed by atoms with Gasteiger partial charge in [0.15, 0.2) is 0 Å². The minimum atomic E-state index is -0.0587. The third kappa shape index (κ3) is 2.61. The second-order valence-corrected chi connectivity index (χ2v) is 5.63. The molecule has 0 radical (unpaired) electrons. The lowest BCUT2D eigenvalue weighted by atomic mass is 9.94. The summed E-state index contributed by atoms with van der Waals surface area (Å²) in [5.74, 6) is 0.939. The number of hydrogen-bond donors (Lipinski definition) is 2. The molecule has 102 valence electrons. The molecule has 1 aliphatic rings. The number of ether oxygens (including phenoxy) is 1. The zero-order chi connectivity index (χ0) is 13.3. The van der Waals surface area contributed by atoms with Gasteiger partial charge in [-0.25, -0.2) is 0 Å². The van der Waals surface area contributed by atoms with Gasteiger partial charge in [-0.15, -0.1) is 0 Å². The van der Waals surface area contributed by atoms with Crippen LogP contribution in [-0.2, 0) is 18.2 Å². The Balaban J connectivity index is 2.12. The molecule has 1 atom stereocenters. The summed E-state index contributed by atoms with van der Waals surface area (Å²) in [7, 11) is 1.93. The van der Waals surface area contributed by atoms with E-state index in [-0.39, 0.29) is 5.60 Å². The Morgan fingerprint density at radius 3 is 2.83 bits per heavy atom. The van der Waals surface area contributed by atoms with E-state index in [1.165, 1.54) is 0 Å². The molecule has 1 aromatic rings. The Morgan fingerprint density at radius 1 is 1.56 bits per heavy atom. The van der Waals surface area contributed by atoms with E-state index in [1.807, 2.05) is 11.7 Å². The number of nitrogens with two attached hydrogens (primary N) is 1. The van der Waals surface area contributed by atoms with Crippen LogP contribution < -0.4 is 11.1 Å². The van der Waals surface area contributed by atoms with Gasteiger partial charge in [-0.05, 0) is 33.1 Å². The highest BCUT2D eigenvalue weighted by Crippen LogP contribution is 2.29. The van der Waals surface area contributed by atoms with Crippen molar-refractivity contribution in [2.75, 3.05) is 17.7 Å². The van der Waals surface area contributed by atoms with Crippen molar-refractivity contribution in [3.8, 4) is 0 Å². The van der Waals surface area contributed by atoms with E-state index >= 15 is 0 Å². The predicted molar refractivity (Wildman–Crippen MR) is 73.7 cm³/mol. The molecule has 3 N–H and O–H groups in total. The maximum absolute atomic E-state index is 6.12. The highest BCUT2D eigenvalue weighted by molar-refractivity contribution is 5.65. The standard InChI is InChI=1S/C13H24N4O/c1-5-10-11(14)12(17(4)16-10)15-9-6-7-18-13(2,3)8-9/h9,15H,5-8,14H2,1-4H3. The van der Waals surface area contributed by atoms with Gasteiger partial charge < -0.3 is 15.8 Å². The number of rotatable bonds is 3. The Hall–Kier alpha value is -1.23. The maximum atomic E-state index is 6.12. The van der Waals surface area contributed by atoms with Gasteiger partial charge >= 0.3 is 0 Å². The van der Waals surface area contributed by atoms with Crippen molar-refractivity contribution in [3.63, 3.8) is 0 Å². The van der Waals surface area contributed by atoms with Crippen molar-refractivity contribution in [1.82, 2.24) is 9.78 Å². The Kier molecular flexibility index (Phi) is 3.52. The second kappa shape index (κ2) is 4.80. The quantitative estimate of drug-likeness (QED) is 0.862. The van der Waals surface area contributed by atoms with Gasteiger partial charge in [0, 0.05) is 19.7 Å². The van der Waals surface area contributed by atoms with Crippen LogP contribution in [0.25, 0.3) is 0 Å². The largest absolute Gasteiger partial charge is 0.394 e. The van der Waals surface area contributed by atoms with Gasteiger partial charge in [0.05, 0.1) is 17.0 Å². The molecular formula is C13H24N4O. The molecule has 1 unspecified atom stereocenters. The van der Waals surface area contributed by atoms with Crippen molar-refractivity contribution in [1.29, 1.82) is 0 Å². The van der Waals surface area contributed by atoms with E-state index in [0.717, 1.165) is 43.1 Å². The summed E-state index contributed by atoms with van der Waals surface area (Å²) in [6.07, 6.45) is 2.86. The molecule has 18 heavy (non-hydrogen) atoms. The van der Waals surface area contributed by atoms with Crippen LogP contribution in [0, 0.1) is 0 Å². The van der Waals surface area contributed by atoms with Gasteiger partial charge in [-0.2, -0.15) is 5.10 Å². The van der Waals surface area contributed by atoms with Gasteiger partial charge in [0.25, 0.3) is 0 Å². The Morgan fingerprint density at radius 2 is 2.28 bits per heavy atom. The molecule has 5 heteroatoms. The van der Waals surface area contributed by atoms with E-state index < -0.39 is 0 Å². The van der Waals surface area contributed by atoms with Crippen LogP contribution >= 0.6 is 0 Å². The van der Waals surface area contributed by atoms with Gasteiger partial charge in [0.2, 0.25) is 0 Å². The fourth-order valence-corrected chi connectivity index (χ4v) is 2.58. The minimum absolute atomic E-state index is 0.0587. The molecule has 1 saturated heterocycles. The van der Waals surface area contributed by atoms with Crippen LogP contribution in [0.2, 0.25) is 0 Å². The van der Waals surface area contributed by atoms with Gasteiger partial charge in [-0.3, -0.25) is 4.68 Å². The summed E-state index contributed by atoms with van der Waals surface area (Å²) in [4.78, 5) is 0. The maximum Gasteiger partial charge on any atom is 0.148 e. The molecule has 5 nitrogen and oxygen atoms in total. The fraction of sp³-hybridized carbons (Fsp3) is 0.769. The molecule has 1 aliphatic heterocycles. The molecular weight excluding hydrogens is 228 g/mol. The number of nitrogens with one attached hydrogen (secondary N) is 1. The fourth-order valence-electron chi connectivity index (χ4n) is 2.58. The van der Waals surface area contributed by atoms with Crippen molar-refractivity contribution < 1.29 is 4.74 Å². The number of aromatic nitrogens is 2. The molecule has 0 aromatic carbocycles. The number of nitrogens with zero attached hydrogens (tertiary/aromatic N) is 2. The second-order valence-electron chi connectivity index (χ2n) is 5.63. The SMILES string of the molecule is CCc1nn(C)c(NC2CCOC(C)(C)C2)c1N. The summed E-state index contributed by atoms with van der Waals surface area (Å²) >= 11 is 0. The first-order valence-electron chi connectivity index (χ1n) is 6.65. The summed E-state index contributed by atoms with van der Waals surface area (Å²) in [5.41, 5.74) is 7.81. The van der Waals surface area contributed by atoms with Crippen molar-refractivity contribution >= 4 is 11.5 Å². The highest BCUT2D eigenvalue weighted by atomic mass is 16.5. The topological polar surface area (TPSA) is 65.1 Å². The molecule has 2 rings (SSSR count). The van der Waals surface area contributed by atoms with Gasteiger partial charge in [0.1, 0.15) is 5.82 Å². The third-order valence-corrected chi connectivity index (χ3v) is 3.53. The summed E-state index contributed by atoms with van der Waals surface area (Å²) in [5, 5.41) is 7.95. The highest BCUT2D eigenvalue weighted by Gasteiger charge is 2.29. The van der Waals surface area contributed by atoms with Crippen LogP contribution in [0.5, 0.6) is 0 Å². The molecule has 0 aliphatic carbocycles. The molecule has 0 saturated carbocycles. The number of aryl methyl sites for hydroxylation is 2. The molecule has 1 aromatic heterocycles. The van der Waals surface area contributed by atoms with Crippen molar-refractivity contribution in [3.05, 3.63) is 5.69 Å². The van der Waals surface area contributed by atoms with Crippen LogP contribution in [0.4, 0.5) is 11.5 Å². The third-order valence-electron chi connectivity index (χ3n) is 3.53. The van der Waals surface area contributed by atoms with Crippen LogP contribution in [-0.4, -0.2) is 28.0 Å². The number of nitrogen functional groups attached to an aromatic ring is 1. The lowest BCUT2D eigenvalue weighted by Crippen LogP contribution is -2.40. The molecule has 2 heterocycles. The smallest absolute Gasteiger partial charge is 0.148 e. The van der Waals surface area contributed by atoms with Crippen LogP contribution in [0.15, 0.2) is 0 Å². The summed E-state index contributed by atoms with van der Waals surface area (Å²) in [6, 6.07) is 0.399. The summed E-state index contributed by atoms with van der Waals surface area (Å²) < 4.78 is 7.57. The van der Waals surface area contributed by atoms with Crippen LogP contribution in [0.1, 0.15) is 39.3 Å². The minimum Gasteiger partial charge on any atom is -0.394 e. The molecule has 0 amide bonds. The number of anilines is 2. The van der Waals surface area contributed by atoms with E-state index in [2.05, 4.69) is 31.2 Å². The van der Waals surface area contributed by atoms with E-state index in [4.69, 9.17) is 10.5 Å². The average molecular weight is 252 g/mol. The van der Waals surface area contributed by atoms with E-state index in [0.29, 0.717) is 6.04 Å². The number of hydrogen-bond acceptors (Lipinski definition) is 4. The monoisotopic (exact) mass is 252 g/mol. The first-order chi connectivity index (χ1) is 8.43. The summed E-state index contributed by atoms with van der Waals surface area (Å²) in [6.45, 7) is 7.12.